The maximum Gasteiger partial charge on any atom is 0.230 e. The lowest BCUT2D eigenvalue weighted by atomic mass is 10.2. The molecular formula is C14H17N3OS3. The number of benzene rings is 1. The molecular weight excluding hydrogens is 322 g/mol. The van der Waals surface area contributed by atoms with E-state index in [0.717, 1.165) is 20.9 Å². The van der Waals surface area contributed by atoms with Crippen molar-refractivity contribution in [1.82, 2.24) is 15.5 Å². The van der Waals surface area contributed by atoms with Crippen molar-refractivity contribution in [2.75, 3.05) is 18.1 Å². The van der Waals surface area contributed by atoms with Crippen molar-refractivity contribution in [1.29, 1.82) is 0 Å². The van der Waals surface area contributed by atoms with Gasteiger partial charge in [-0.1, -0.05) is 53.4 Å². The Labute approximate surface area is 137 Å². The van der Waals surface area contributed by atoms with E-state index in [0.29, 0.717) is 12.3 Å². The number of aromatic nitrogens is 2. The van der Waals surface area contributed by atoms with E-state index in [9.17, 15) is 4.79 Å². The minimum atomic E-state index is 0.0492. The van der Waals surface area contributed by atoms with Gasteiger partial charge in [0.05, 0.1) is 5.75 Å². The lowest BCUT2D eigenvalue weighted by molar-refractivity contribution is -0.118. The van der Waals surface area contributed by atoms with Crippen molar-refractivity contribution in [3.63, 3.8) is 0 Å². The van der Waals surface area contributed by atoms with Gasteiger partial charge in [0.2, 0.25) is 5.91 Å². The molecule has 0 spiro atoms. The van der Waals surface area contributed by atoms with Gasteiger partial charge in [0, 0.05) is 18.1 Å². The number of carbonyl (C=O) groups excluding carboxylic acids is 1. The highest BCUT2D eigenvalue weighted by Gasteiger charge is 2.05. The number of nitrogens with zero attached hydrogens (tertiary/aromatic N) is 2. The second-order valence-electron chi connectivity index (χ2n) is 4.26. The molecule has 0 fully saturated rings. The maximum absolute atomic E-state index is 11.7. The maximum atomic E-state index is 11.7. The fourth-order valence-corrected chi connectivity index (χ4v) is 4.01. The van der Waals surface area contributed by atoms with Crippen molar-refractivity contribution in [2.45, 2.75) is 17.0 Å². The smallest absolute Gasteiger partial charge is 0.230 e. The molecule has 0 aliphatic rings. The summed E-state index contributed by atoms with van der Waals surface area (Å²) < 4.78 is 0.848. The number of hydrogen-bond donors (Lipinski definition) is 1. The summed E-state index contributed by atoms with van der Waals surface area (Å²) in [5.74, 6) is 2.35. The van der Waals surface area contributed by atoms with Crippen molar-refractivity contribution in [3.8, 4) is 0 Å². The summed E-state index contributed by atoms with van der Waals surface area (Å²) in [7, 11) is 0. The van der Waals surface area contributed by atoms with Gasteiger partial charge >= 0.3 is 0 Å². The third-order valence-electron chi connectivity index (χ3n) is 2.51. The molecule has 1 N–H and O–H groups in total. The summed E-state index contributed by atoms with van der Waals surface area (Å²) in [6.07, 6.45) is 0. The van der Waals surface area contributed by atoms with Crippen LogP contribution in [0.25, 0.3) is 0 Å². The first-order valence-electron chi connectivity index (χ1n) is 6.55. The molecule has 0 bridgehead atoms. The fraction of sp³-hybridized carbons (Fsp3) is 0.357. The zero-order valence-corrected chi connectivity index (χ0v) is 14.2. The Morgan fingerprint density at radius 3 is 2.81 bits per heavy atom. The zero-order valence-electron chi connectivity index (χ0n) is 11.7. The van der Waals surface area contributed by atoms with E-state index in [1.165, 1.54) is 28.7 Å². The van der Waals surface area contributed by atoms with Crippen molar-refractivity contribution >= 4 is 40.8 Å². The molecule has 21 heavy (non-hydrogen) atoms. The minimum Gasteiger partial charge on any atom is -0.355 e. The Balaban J connectivity index is 1.53. The molecule has 0 aliphatic carbocycles. The van der Waals surface area contributed by atoms with Gasteiger partial charge in [0.25, 0.3) is 0 Å². The first-order chi connectivity index (χ1) is 10.2. The summed E-state index contributed by atoms with van der Waals surface area (Å²) in [5, 5.41) is 11.7. The first-order valence-corrected chi connectivity index (χ1v) is 9.51. The van der Waals surface area contributed by atoms with Gasteiger partial charge < -0.3 is 5.32 Å². The van der Waals surface area contributed by atoms with Crippen LogP contribution in [0.2, 0.25) is 0 Å². The predicted octanol–water partition coefficient (Wildman–Crippen LogP) is 2.99. The van der Waals surface area contributed by atoms with Gasteiger partial charge in [-0.2, -0.15) is 11.8 Å². The molecule has 7 heteroatoms. The van der Waals surface area contributed by atoms with E-state index in [4.69, 9.17) is 0 Å². The van der Waals surface area contributed by atoms with E-state index >= 15 is 0 Å². The zero-order chi connectivity index (χ0) is 14.9. The highest BCUT2D eigenvalue weighted by atomic mass is 32.2. The normalized spacial score (nSPS) is 10.5. The van der Waals surface area contributed by atoms with Crippen molar-refractivity contribution in [3.05, 3.63) is 40.9 Å². The Hall–Kier alpha value is -1.05. The second kappa shape index (κ2) is 9.07. The van der Waals surface area contributed by atoms with Crippen LogP contribution >= 0.6 is 34.9 Å². The van der Waals surface area contributed by atoms with Crippen LogP contribution in [0.5, 0.6) is 0 Å². The number of aryl methyl sites for hydroxylation is 1. The summed E-state index contributed by atoms with van der Waals surface area (Å²) in [6.45, 7) is 2.61. The highest BCUT2D eigenvalue weighted by Crippen LogP contribution is 2.21. The lowest BCUT2D eigenvalue weighted by Gasteiger charge is -2.04. The monoisotopic (exact) mass is 339 g/mol. The molecule has 0 saturated heterocycles. The Kier molecular flexibility index (Phi) is 7.05. The summed E-state index contributed by atoms with van der Waals surface area (Å²) in [6, 6.07) is 10.3. The van der Waals surface area contributed by atoms with E-state index in [-0.39, 0.29) is 5.91 Å². The number of thioether (sulfide) groups is 2. The first kappa shape index (κ1) is 16.3. The van der Waals surface area contributed by atoms with Crippen LogP contribution in [0.3, 0.4) is 0 Å². The van der Waals surface area contributed by atoms with Crippen LogP contribution in [0.1, 0.15) is 10.6 Å². The second-order valence-corrected chi connectivity index (χ2v) is 7.77. The Morgan fingerprint density at radius 2 is 2.10 bits per heavy atom. The Bertz CT molecular complexity index is 560. The van der Waals surface area contributed by atoms with Crippen LogP contribution in [0.4, 0.5) is 0 Å². The van der Waals surface area contributed by atoms with Crippen LogP contribution in [0, 0.1) is 6.92 Å². The SMILES string of the molecule is Cc1nnc(SCC(=O)NCCSCc2ccccc2)s1. The number of amides is 1. The molecule has 2 rings (SSSR count). The van der Waals surface area contributed by atoms with Gasteiger partial charge in [-0.3, -0.25) is 4.79 Å². The lowest BCUT2D eigenvalue weighted by Crippen LogP contribution is -2.27. The number of carbonyl (C=O) groups is 1. The molecule has 0 unspecified atom stereocenters. The minimum absolute atomic E-state index is 0.0492. The third kappa shape index (κ3) is 6.50. The van der Waals surface area contributed by atoms with Crippen LogP contribution in [-0.2, 0) is 10.5 Å². The van der Waals surface area contributed by atoms with E-state index in [1.54, 1.807) is 0 Å². The van der Waals surface area contributed by atoms with E-state index in [2.05, 4.69) is 27.6 Å². The van der Waals surface area contributed by atoms with Gasteiger partial charge in [0.15, 0.2) is 4.34 Å². The quantitative estimate of drug-likeness (QED) is 0.592. The molecule has 0 aliphatic heterocycles. The van der Waals surface area contributed by atoms with Crippen LogP contribution in [0.15, 0.2) is 34.7 Å². The highest BCUT2D eigenvalue weighted by molar-refractivity contribution is 8.01. The number of hydrogen-bond acceptors (Lipinski definition) is 6. The molecule has 1 aromatic heterocycles. The average molecular weight is 340 g/mol. The molecule has 1 aromatic carbocycles. The molecule has 0 radical (unpaired) electrons. The van der Waals surface area contributed by atoms with Crippen molar-refractivity contribution in [2.24, 2.45) is 0 Å². The molecule has 0 saturated carbocycles. The van der Waals surface area contributed by atoms with Gasteiger partial charge in [-0.05, 0) is 12.5 Å². The van der Waals surface area contributed by atoms with Gasteiger partial charge in [-0.25, -0.2) is 0 Å². The van der Waals surface area contributed by atoms with Crippen molar-refractivity contribution < 1.29 is 4.79 Å². The number of rotatable bonds is 8. The predicted molar refractivity (Wildman–Crippen MR) is 91.0 cm³/mol. The van der Waals surface area contributed by atoms with Gasteiger partial charge in [-0.15, -0.1) is 10.2 Å². The molecule has 1 heterocycles. The molecule has 2 aromatic rings. The summed E-state index contributed by atoms with van der Waals surface area (Å²) in [5.41, 5.74) is 1.32. The topological polar surface area (TPSA) is 54.9 Å². The molecule has 1 amide bonds. The fourth-order valence-electron chi connectivity index (χ4n) is 1.54. The molecule has 4 nitrogen and oxygen atoms in total. The molecule has 112 valence electrons. The Morgan fingerprint density at radius 1 is 1.29 bits per heavy atom. The molecule has 0 atom stereocenters. The van der Waals surface area contributed by atoms with Crippen LogP contribution in [-0.4, -0.2) is 34.2 Å². The van der Waals surface area contributed by atoms with Gasteiger partial charge in [0.1, 0.15) is 5.01 Å². The average Bonchev–Trinajstić information content (AvgIpc) is 2.91. The summed E-state index contributed by atoms with van der Waals surface area (Å²) in [4.78, 5) is 11.7. The number of nitrogens with one attached hydrogen (secondary N) is 1. The largest absolute Gasteiger partial charge is 0.355 e. The van der Waals surface area contributed by atoms with E-state index in [1.807, 2.05) is 36.9 Å². The van der Waals surface area contributed by atoms with E-state index < -0.39 is 0 Å². The summed E-state index contributed by atoms with van der Waals surface area (Å²) >= 11 is 4.78. The third-order valence-corrected chi connectivity index (χ3v) is 5.52. The standard InChI is InChI=1S/C14H17N3OS3/c1-11-16-17-14(21-11)20-10-13(18)15-7-8-19-9-12-5-3-2-4-6-12/h2-6H,7-10H2,1H3,(H,15,18). The van der Waals surface area contributed by atoms with Crippen LogP contribution < -0.4 is 5.32 Å².